The van der Waals surface area contributed by atoms with E-state index >= 15 is 0 Å². The highest BCUT2D eigenvalue weighted by atomic mass is 32.2. The van der Waals surface area contributed by atoms with Crippen molar-refractivity contribution in [3.63, 3.8) is 0 Å². The molecule has 0 saturated carbocycles. The van der Waals surface area contributed by atoms with Crippen LogP contribution in [0.5, 0.6) is 5.75 Å². The number of hydrogen-bond acceptors (Lipinski definition) is 5. The number of hydrogen-bond donors (Lipinski definition) is 3. The Labute approximate surface area is 198 Å². The normalized spacial score (nSPS) is 12.9. The zero-order valence-electron chi connectivity index (χ0n) is 17.6. The van der Waals surface area contributed by atoms with Crippen molar-refractivity contribution in [2.75, 3.05) is 11.6 Å². The lowest BCUT2D eigenvalue weighted by Gasteiger charge is -2.14. The maximum atomic E-state index is 14.6. The molecule has 0 radical (unpaired) electrons. The second kappa shape index (κ2) is 9.67. The van der Waals surface area contributed by atoms with Crippen LogP contribution in [0.3, 0.4) is 0 Å². The third kappa shape index (κ3) is 6.09. The summed E-state index contributed by atoms with van der Waals surface area (Å²) in [7, 11) is -3.74. The lowest BCUT2D eigenvalue weighted by Crippen LogP contribution is -2.13. The summed E-state index contributed by atoms with van der Waals surface area (Å²) in [6.45, 7) is 0. The molecule has 34 heavy (non-hydrogen) atoms. The summed E-state index contributed by atoms with van der Waals surface area (Å²) in [5.74, 6) is -1.88. The first-order chi connectivity index (χ1) is 15.8. The maximum Gasteiger partial charge on any atom is 0.416 e. The van der Waals surface area contributed by atoms with Crippen molar-refractivity contribution >= 4 is 34.1 Å². The van der Waals surface area contributed by atoms with Gasteiger partial charge < -0.3 is 10.4 Å². The number of nitrogens with one attached hydrogen (secondary N) is 1. The van der Waals surface area contributed by atoms with Crippen molar-refractivity contribution in [1.82, 2.24) is 0 Å². The molecule has 0 aliphatic heterocycles. The molecule has 1 unspecified atom stereocenters. The number of amides is 1. The van der Waals surface area contributed by atoms with Crippen LogP contribution in [0.1, 0.15) is 32.3 Å². The standard InChI is InChI=1S/C23H19F4NO4S2/c1-34(31,32)21-12-17(8-9-19(21)29)28-22(30)15-3-2-14(18(24)10-15)11-20(33)13-4-6-16(7-5-13)23(25,26)27/h2-10,12,20,29,33H,11H2,1H3,(H,28,30). The summed E-state index contributed by atoms with van der Waals surface area (Å²) < 4.78 is 76.2. The monoisotopic (exact) mass is 513 g/mol. The number of halogens is 4. The number of anilines is 1. The number of thiol groups is 1. The van der Waals surface area contributed by atoms with Gasteiger partial charge in [0.15, 0.2) is 9.84 Å². The van der Waals surface area contributed by atoms with E-state index in [-0.39, 0.29) is 28.1 Å². The summed E-state index contributed by atoms with van der Waals surface area (Å²) in [6.07, 6.45) is -3.49. The molecule has 0 saturated heterocycles. The number of benzene rings is 3. The fraction of sp³-hybridized carbons (Fsp3) is 0.174. The van der Waals surface area contributed by atoms with Crippen molar-refractivity contribution in [1.29, 1.82) is 0 Å². The van der Waals surface area contributed by atoms with Crippen molar-refractivity contribution in [2.45, 2.75) is 22.7 Å². The van der Waals surface area contributed by atoms with E-state index in [2.05, 4.69) is 17.9 Å². The lowest BCUT2D eigenvalue weighted by molar-refractivity contribution is -0.137. The molecule has 5 nitrogen and oxygen atoms in total. The van der Waals surface area contributed by atoms with Gasteiger partial charge in [0.2, 0.25) is 0 Å². The van der Waals surface area contributed by atoms with E-state index < -0.39 is 44.3 Å². The molecule has 1 amide bonds. The number of aromatic hydroxyl groups is 1. The summed E-state index contributed by atoms with van der Waals surface area (Å²) in [6, 6.07) is 11.6. The molecule has 0 spiro atoms. The average Bonchev–Trinajstić information content (AvgIpc) is 2.75. The molecular weight excluding hydrogens is 494 g/mol. The molecule has 0 heterocycles. The van der Waals surface area contributed by atoms with Gasteiger partial charge in [0.1, 0.15) is 16.5 Å². The Kier molecular flexibility index (Phi) is 7.27. The number of carbonyl (C=O) groups excluding carboxylic acids is 1. The van der Waals surface area contributed by atoms with Gasteiger partial charge in [-0.2, -0.15) is 25.8 Å². The van der Waals surface area contributed by atoms with Crippen molar-refractivity contribution in [3.05, 3.63) is 88.7 Å². The Morgan fingerprint density at radius 1 is 1.06 bits per heavy atom. The van der Waals surface area contributed by atoms with Crippen LogP contribution >= 0.6 is 12.6 Å². The van der Waals surface area contributed by atoms with Gasteiger partial charge in [0, 0.05) is 22.8 Å². The first kappa shape index (κ1) is 25.6. The van der Waals surface area contributed by atoms with Crippen LogP contribution in [0.25, 0.3) is 0 Å². The van der Waals surface area contributed by atoms with Crippen LogP contribution in [0.15, 0.2) is 65.6 Å². The fourth-order valence-corrected chi connectivity index (χ4v) is 4.32. The van der Waals surface area contributed by atoms with Crippen LogP contribution in [-0.2, 0) is 22.4 Å². The van der Waals surface area contributed by atoms with Gasteiger partial charge in [-0.25, -0.2) is 12.8 Å². The molecule has 0 bridgehead atoms. The molecule has 3 aromatic rings. The van der Waals surface area contributed by atoms with Gasteiger partial charge in [-0.1, -0.05) is 18.2 Å². The van der Waals surface area contributed by atoms with Gasteiger partial charge >= 0.3 is 6.18 Å². The summed E-state index contributed by atoms with van der Waals surface area (Å²) in [4.78, 5) is 12.1. The zero-order valence-corrected chi connectivity index (χ0v) is 19.3. The third-order valence-corrected chi connectivity index (χ3v) is 6.58. The molecule has 180 valence electrons. The van der Waals surface area contributed by atoms with Crippen LogP contribution in [0.2, 0.25) is 0 Å². The first-order valence-corrected chi connectivity index (χ1v) is 12.1. The van der Waals surface area contributed by atoms with Gasteiger partial charge in [-0.3, -0.25) is 4.79 Å². The van der Waals surface area contributed by atoms with Crippen LogP contribution in [-0.4, -0.2) is 25.7 Å². The second-order valence-corrected chi connectivity index (χ2v) is 10.2. The smallest absolute Gasteiger partial charge is 0.416 e. The zero-order chi connectivity index (χ0) is 25.3. The van der Waals surface area contributed by atoms with Gasteiger partial charge in [-0.15, -0.1) is 0 Å². The Morgan fingerprint density at radius 2 is 1.71 bits per heavy atom. The van der Waals surface area contributed by atoms with Crippen molar-refractivity contribution in [2.24, 2.45) is 0 Å². The maximum absolute atomic E-state index is 14.6. The first-order valence-electron chi connectivity index (χ1n) is 9.74. The predicted molar refractivity (Wildman–Crippen MR) is 122 cm³/mol. The summed E-state index contributed by atoms with van der Waals surface area (Å²) in [5, 5.41) is 11.6. The molecule has 0 aliphatic carbocycles. The molecule has 11 heteroatoms. The highest BCUT2D eigenvalue weighted by Crippen LogP contribution is 2.32. The van der Waals surface area contributed by atoms with E-state index in [4.69, 9.17) is 0 Å². The van der Waals surface area contributed by atoms with E-state index in [0.29, 0.717) is 5.56 Å². The van der Waals surface area contributed by atoms with Gasteiger partial charge in [0.25, 0.3) is 5.91 Å². The molecule has 0 aliphatic rings. The van der Waals surface area contributed by atoms with Gasteiger partial charge in [-0.05, 0) is 60.0 Å². The Balaban J connectivity index is 1.73. The summed E-state index contributed by atoms with van der Waals surface area (Å²) in [5.41, 5.74) is -0.0615. The molecule has 2 N–H and O–H groups in total. The minimum atomic E-state index is -4.46. The van der Waals surface area contributed by atoms with E-state index in [1.807, 2.05) is 0 Å². The number of phenols is 1. The average molecular weight is 514 g/mol. The topological polar surface area (TPSA) is 83.5 Å². The Morgan fingerprint density at radius 3 is 2.26 bits per heavy atom. The number of carbonyl (C=O) groups is 1. The molecule has 3 rings (SSSR count). The predicted octanol–water partition coefficient (Wildman–Crippen LogP) is 5.42. The number of phenolic OH excluding ortho intramolecular Hbond substituents is 1. The summed E-state index contributed by atoms with van der Waals surface area (Å²) >= 11 is 4.36. The highest BCUT2D eigenvalue weighted by molar-refractivity contribution is 7.90. The molecule has 3 aromatic carbocycles. The van der Waals surface area contributed by atoms with E-state index in [1.54, 1.807) is 0 Å². The SMILES string of the molecule is CS(=O)(=O)c1cc(NC(=O)c2ccc(CC(S)c3ccc(C(F)(F)F)cc3)c(F)c2)ccc1O. The fourth-order valence-electron chi connectivity index (χ4n) is 3.17. The van der Waals surface area contributed by atoms with Crippen LogP contribution in [0.4, 0.5) is 23.2 Å². The second-order valence-electron chi connectivity index (χ2n) is 7.55. The van der Waals surface area contributed by atoms with E-state index in [0.717, 1.165) is 36.6 Å². The lowest BCUT2D eigenvalue weighted by atomic mass is 10.0. The van der Waals surface area contributed by atoms with E-state index in [1.165, 1.54) is 30.3 Å². The Hall–Kier alpha value is -3.05. The minimum absolute atomic E-state index is 0.0412. The minimum Gasteiger partial charge on any atom is -0.507 e. The highest BCUT2D eigenvalue weighted by Gasteiger charge is 2.30. The number of sulfone groups is 1. The van der Waals surface area contributed by atoms with Crippen molar-refractivity contribution < 1.29 is 35.9 Å². The quantitative estimate of drug-likeness (QED) is 0.234. The van der Waals surface area contributed by atoms with Crippen LogP contribution < -0.4 is 5.32 Å². The Bertz CT molecular complexity index is 1320. The number of rotatable bonds is 6. The van der Waals surface area contributed by atoms with Gasteiger partial charge in [0.05, 0.1) is 5.56 Å². The molecular formula is C23H19F4NO4S2. The van der Waals surface area contributed by atoms with E-state index in [9.17, 15) is 35.9 Å². The van der Waals surface area contributed by atoms with Crippen LogP contribution in [0, 0.1) is 5.82 Å². The molecule has 1 atom stereocenters. The largest absolute Gasteiger partial charge is 0.507 e. The third-order valence-electron chi connectivity index (χ3n) is 4.97. The number of alkyl halides is 3. The molecule has 0 aromatic heterocycles. The molecule has 0 fully saturated rings. The van der Waals surface area contributed by atoms with Crippen molar-refractivity contribution in [3.8, 4) is 5.75 Å².